The maximum absolute atomic E-state index is 6.08. The summed E-state index contributed by atoms with van der Waals surface area (Å²) in [4.78, 5) is 1.23. The summed E-state index contributed by atoms with van der Waals surface area (Å²) in [7, 11) is 1.97. The van der Waals surface area contributed by atoms with E-state index in [1.165, 1.54) is 10.5 Å². The van der Waals surface area contributed by atoms with Gasteiger partial charge in [-0.3, -0.25) is 0 Å². The van der Waals surface area contributed by atoms with E-state index in [9.17, 15) is 0 Å². The number of thiophene rings is 1. The van der Waals surface area contributed by atoms with Crippen molar-refractivity contribution in [3.05, 3.63) is 33.5 Å². The summed E-state index contributed by atoms with van der Waals surface area (Å²) in [5.74, 6) is 0. The normalized spacial score (nSPS) is 12.8. The Bertz CT molecular complexity index is 306. The van der Waals surface area contributed by atoms with Crippen LogP contribution >= 0.6 is 22.9 Å². The molecule has 1 rings (SSSR count). The van der Waals surface area contributed by atoms with Crippen molar-refractivity contribution in [2.75, 3.05) is 7.05 Å². The van der Waals surface area contributed by atoms with Crippen LogP contribution in [0.3, 0.4) is 0 Å². The van der Waals surface area contributed by atoms with Crippen LogP contribution in [0.1, 0.15) is 30.7 Å². The monoisotopic (exact) mass is 229 g/mol. The minimum absolute atomic E-state index is 0.360. The molecule has 0 spiro atoms. The molecule has 0 radical (unpaired) electrons. The molecule has 1 nitrogen and oxygen atoms in total. The van der Waals surface area contributed by atoms with E-state index in [-0.39, 0.29) is 0 Å². The van der Waals surface area contributed by atoms with Crippen molar-refractivity contribution in [1.82, 2.24) is 5.32 Å². The van der Waals surface area contributed by atoms with Crippen LogP contribution in [0.4, 0.5) is 0 Å². The summed E-state index contributed by atoms with van der Waals surface area (Å²) >= 11 is 7.79. The van der Waals surface area contributed by atoms with E-state index >= 15 is 0 Å². The predicted octanol–water partition coefficient (Wildman–Crippen LogP) is 4.02. The first-order valence-electron chi connectivity index (χ1n) is 4.69. The van der Waals surface area contributed by atoms with E-state index in [0.717, 1.165) is 17.9 Å². The van der Waals surface area contributed by atoms with Gasteiger partial charge in [-0.2, -0.15) is 0 Å². The highest BCUT2D eigenvalue weighted by Crippen LogP contribution is 2.31. The molecular weight excluding hydrogens is 214 g/mol. The second-order valence-corrected chi connectivity index (χ2v) is 4.82. The standard InChI is InChI=1S/C11H16ClNS/c1-8(2)4-5-10(13-3)11-9(12)6-7-14-11/h6-7,10,13H,1,4-5H2,2-3H3. The minimum atomic E-state index is 0.360. The second kappa shape index (κ2) is 5.54. The highest BCUT2D eigenvalue weighted by molar-refractivity contribution is 7.10. The number of nitrogens with one attached hydrogen (secondary N) is 1. The van der Waals surface area contributed by atoms with Gasteiger partial charge in [-0.1, -0.05) is 17.2 Å². The van der Waals surface area contributed by atoms with Gasteiger partial charge < -0.3 is 5.32 Å². The Kier molecular flexibility index (Phi) is 4.66. The van der Waals surface area contributed by atoms with Gasteiger partial charge in [0.05, 0.1) is 5.02 Å². The maximum Gasteiger partial charge on any atom is 0.0561 e. The summed E-state index contributed by atoms with van der Waals surface area (Å²) in [6.07, 6.45) is 2.10. The summed E-state index contributed by atoms with van der Waals surface area (Å²) in [6, 6.07) is 2.31. The molecule has 3 heteroatoms. The first kappa shape index (κ1) is 11.8. The van der Waals surface area contributed by atoms with Crippen LogP contribution in [0.2, 0.25) is 5.02 Å². The van der Waals surface area contributed by atoms with E-state index in [4.69, 9.17) is 11.6 Å². The van der Waals surface area contributed by atoms with E-state index in [2.05, 4.69) is 18.8 Å². The lowest BCUT2D eigenvalue weighted by molar-refractivity contribution is 0.557. The molecule has 1 aromatic rings. The number of hydrogen-bond donors (Lipinski definition) is 1. The summed E-state index contributed by atoms with van der Waals surface area (Å²) < 4.78 is 0. The fraction of sp³-hybridized carbons (Fsp3) is 0.455. The van der Waals surface area contributed by atoms with Crippen LogP contribution in [-0.4, -0.2) is 7.05 Å². The van der Waals surface area contributed by atoms with Crippen LogP contribution in [0, 0.1) is 0 Å². The Hall–Kier alpha value is -0.310. The molecule has 78 valence electrons. The fourth-order valence-electron chi connectivity index (χ4n) is 1.35. The molecule has 1 unspecified atom stereocenters. The van der Waals surface area contributed by atoms with Crippen LogP contribution in [0.15, 0.2) is 23.6 Å². The average molecular weight is 230 g/mol. The summed E-state index contributed by atoms with van der Waals surface area (Å²) in [6.45, 7) is 5.97. The van der Waals surface area contributed by atoms with Crippen LogP contribution in [0.5, 0.6) is 0 Å². The van der Waals surface area contributed by atoms with Gasteiger partial charge in [-0.05, 0) is 38.3 Å². The van der Waals surface area contributed by atoms with Crippen LogP contribution < -0.4 is 5.32 Å². The molecule has 0 aliphatic carbocycles. The van der Waals surface area contributed by atoms with Gasteiger partial charge in [-0.25, -0.2) is 0 Å². The van der Waals surface area contributed by atoms with Crippen molar-refractivity contribution in [1.29, 1.82) is 0 Å². The molecule has 0 aliphatic rings. The first-order chi connectivity index (χ1) is 6.65. The molecule has 1 heterocycles. The molecule has 0 bridgehead atoms. The molecule has 1 atom stereocenters. The minimum Gasteiger partial charge on any atom is -0.312 e. The van der Waals surface area contributed by atoms with Gasteiger partial charge in [0.1, 0.15) is 0 Å². The van der Waals surface area contributed by atoms with Gasteiger partial charge in [-0.15, -0.1) is 17.9 Å². The SMILES string of the molecule is C=C(C)CCC(NC)c1sccc1Cl. The fourth-order valence-corrected chi connectivity index (χ4v) is 2.69. The molecule has 1 aromatic heterocycles. The van der Waals surface area contributed by atoms with Gasteiger partial charge in [0.2, 0.25) is 0 Å². The van der Waals surface area contributed by atoms with E-state index in [0.29, 0.717) is 6.04 Å². The highest BCUT2D eigenvalue weighted by Gasteiger charge is 2.13. The molecule has 14 heavy (non-hydrogen) atoms. The molecular formula is C11H16ClNS. The zero-order valence-corrected chi connectivity index (χ0v) is 10.2. The smallest absolute Gasteiger partial charge is 0.0561 e. The lowest BCUT2D eigenvalue weighted by Crippen LogP contribution is -2.15. The third kappa shape index (κ3) is 3.12. The van der Waals surface area contributed by atoms with E-state index in [1.54, 1.807) is 11.3 Å². The molecule has 0 saturated carbocycles. The Morgan fingerprint density at radius 2 is 2.43 bits per heavy atom. The lowest BCUT2D eigenvalue weighted by Gasteiger charge is -2.14. The van der Waals surface area contributed by atoms with Gasteiger partial charge >= 0.3 is 0 Å². The van der Waals surface area contributed by atoms with Crippen LogP contribution in [0.25, 0.3) is 0 Å². The Morgan fingerprint density at radius 3 is 2.86 bits per heavy atom. The van der Waals surface area contributed by atoms with Crippen LogP contribution in [-0.2, 0) is 0 Å². The molecule has 0 aliphatic heterocycles. The summed E-state index contributed by atoms with van der Waals surface area (Å²) in [5, 5.41) is 6.19. The first-order valence-corrected chi connectivity index (χ1v) is 5.95. The van der Waals surface area contributed by atoms with Crippen molar-refractivity contribution in [3.8, 4) is 0 Å². The third-order valence-corrected chi connectivity index (χ3v) is 3.64. The van der Waals surface area contributed by atoms with Gasteiger partial charge in [0, 0.05) is 10.9 Å². The van der Waals surface area contributed by atoms with E-state index < -0.39 is 0 Å². The van der Waals surface area contributed by atoms with Crippen molar-refractivity contribution >= 4 is 22.9 Å². The molecule has 1 N–H and O–H groups in total. The topological polar surface area (TPSA) is 12.0 Å². The number of allylic oxidation sites excluding steroid dienone is 1. The molecule has 0 aromatic carbocycles. The lowest BCUT2D eigenvalue weighted by atomic mass is 10.1. The largest absolute Gasteiger partial charge is 0.312 e. The quantitative estimate of drug-likeness (QED) is 0.753. The van der Waals surface area contributed by atoms with Crippen molar-refractivity contribution in [3.63, 3.8) is 0 Å². The maximum atomic E-state index is 6.08. The summed E-state index contributed by atoms with van der Waals surface area (Å²) in [5.41, 5.74) is 1.22. The number of rotatable bonds is 5. The molecule has 0 amide bonds. The Labute approximate surface area is 94.8 Å². The van der Waals surface area contributed by atoms with Crippen molar-refractivity contribution in [2.45, 2.75) is 25.8 Å². The Morgan fingerprint density at radius 1 is 1.71 bits per heavy atom. The molecule has 0 fully saturated rings. The molecule has 0 saturated heterocycles. The number of hydrogen-bond acceptors (Lipinski definition) is 2. The van der Waals surface area contributed by atoms with Crippen molar-refractivity contribution in [2.24, 2.45) is 0 Å². The second-order valence-electron chi connectivity index (χ2n) is 3.47. The van der Waals surface area contributed by atoms with Gasteiger partial charge in [0.15, 0.2) is 0 Å². The Balaban J connectivity index is 2.63. The van der Waals surface area contributed by atoms with Gasteiger partial charge in [0.25, 0.3) is 0 Å². The number of halogens is 1. The zero-order chi connectivity index (χ0) is 10.6. The van der Waals surface area contributed by atoms with Crippen molar-refractivity contribution < 1.29 is 0 Å². The van der Waals surface area contributed by atoms with E-state index in [1.807, 2.05) is 18.5 Å². The highest BCUT2D eigenvalue weighted by atomic mass is 35.5. The predicted molar refractivity (Wildman–Crippen MR) is 65.2 cm³/mol. The zero-order valence-electron chi connectivity index (χ0n) is 8.64. The average Bonchev–Trinajstić information content (AvgIpc) is 2.53. The third-order valence-electron chi connectivity index (χ3n) is 2.17.